The Hall–Kier alpha value is -2.24. The van der Waals surface area contributed by atoms with Gasteiger partial charge in [-0.2, -0.15) is 0 Å². The van der Waals surface area contributed by atoms with Crippen molar-refractivity contribution in [1.29, 1.82) is 0 Å². The van der Waals surface area contributed by atoms with Gasteiger partial charge in [-0.25, -0.2) is 4.79 Å². The minimum absolute atomic E-state index is 0.262. The lowest BCUT2D eigenvalue weighted by Crippen LogP contribution is -2.50. The second kappa shape index (κ2) is 6.68. The summed E-state index contributed by atoms with van der Waals surface area (Å²) in [6.07, 6.45) is -0.262. The molecule has 0 spiro atoms. The largest absolute Gasteiger partial charge is 0.444 e. The smallest absolute Gasteiger partial charge is 0.410 e. The van der Waals surface area contributed by atoms with Crippen molar-refractivity contribution in [3.63, 3.8) is 0 Å². The number of anilines is 1. The standard InChI is InChI=1S/C16H22N2O4/c1-16(2,3)22-15(20)18-10-8-17(9-11-18)13-4-6-14(7-5-13)21-12-19/h4-7,12H,8-11H2,1-3H3. The maximum atomic E-state index is 12.0. The molecule has 1 aromatic rings. The van der Waals surface area contributed by atoms with Gasteiger partial charge < -0.3 is 19.3 Å². The Kier molecular flexibility index (Phi) is 4.90. The number of piperazine rings is 1. The number of ether oxygens (including phenoxy) is 2. The van der Waals surface area contributed by atoms with Gasteiger partial charge in [0.25, 0.3) is 6.47 Å². The first kappa shape index (κ1) is 16.1. The molecule has 0 saturated carbocycles. The molecule has 1 fully saturated rings. The lowest BCUT2D eigenvalue weighted by Gasteiger charge is -2.36. The highest BCUT2D eigenvalue weighted by molar-refractivity contribution is 5.68. The van der Waals surface area contributed by atoms with E-state index in [0.717, 1.165) is 18.8 Å². The molecule has 0 atom stereocenters. The Morgan fingerprint density at radius 1 is 1.09 bits per heavy atom. The van der Waals surface area contributed by atoms with E-state index in [2.05, 4.69) is 4.90 Å². The third-order valence-electron chi connectivity index (χ3n) is 3.32. The summed E-state index contributed by atoms with van der Waals surface area (Å²) in [4.78, 5) is 26.2. The van der Waals surface area contributed by atoms with E-state index in [0.29, 0.717) is 25.3 Å². The predicted octanol–water partition coefficient (Wildman–Crippen LogP) is 2.28. The van der Waals surface area contributed by atoms with Crippen LogP contribution in [0, 0.1) is 0 Å². The van der Waals surface area contributed by atoms with Gasteiger partial charge in [0.15, 0.2) is 0 Å². The van der Waals surface area contributed by atoms with Crippen LogP contribution in [0.1, 0.15) is 20.8 Å². The average molecular weight is 306 g/mol. The molecule has 1 aromatic carbocycles. The normalized spacial score (nSPS) is 15.4. The fourth-order valence-electron chi connectivity index (χ4n) is 2.26. The molecule has 1 heterocycles. The van der Waals surface area contributed by atoms with Gasteiger partial charge in [-0.3, -0.25) is 4.79 Å². The third kappa shape index (κ3) is 4.38. The fraction of sp³-hybridized carbons (Fsp3) is 0.500. The van der Waals surface area contributed by atoms with Gasteiger partial charge in [0, 0.05) is 31.9 Å². The van der Waals surface area contributed by atoms with E-state index in [4.69, 9.17) is 9.47 Å². The third-order valence-corrected chi connectivity index (χ3v) is 3.32. The quantitative estimate of drug-likeness (QED) is 0.802. The topological polar surface area (TPSA) is 59.1 Å². The van der Waals surface area contributed by atoms with Crippen molar-refractivity contribution in [3.8, 4) is 5.75 Å². The number of hydrogen-bond acceptors (Lipinski definition) is 5. The first-order chi connectivity index (χ1) is 10.4. The summed E-state index contributed by atoms with van der Waals surface area (Å²) in [5.74, 6) is 0.520. The molecule has 1 aliphatic rings. The zero-order valence-corrected chi connectivity index (χ0v) is 13.2. The SMILES string of the molecule is CC(C)(C)OC(=O)N1CCN(c2ccc(OC=O)cc2)CC1. The highest BCUT2D eigenvalue weighted by Crippen LogP contribution is 2.21. The van der Waals surface area contributed by atoms with E-state index in [1.807, 2.05) is 32.9 Å². The number of hydrogen-bond donors (Lipinski definition) is 0. The fourth-order valence-corrected chi connectivity index (χ4v) is 2.26. The van der Waals surface area contributed by atoms with Crippen LogP contribution in [-0.4, -0.2) is 49.2 Å². The molecule has 0 aliphatic carbocycles. The van der Waals surface area contributed by atoms with Gasteiger partial charge in [-0.1, -0.05) is 0 Å². The summed E-state index contributed by atoms with van der Waals surface area (Å²) in [5, 5.41) is 0. The second-order valence-corrected chi connectivity index (χ2v) is 6.16. The van der Waals surface area contributed by atoms with Crippen molar-refractivity contribution in [1.82, 2.24) is 4.90 Å². The van der Waals surface area contributed by atoms with Crippen molar-refractivity contribution < 1.29 is 19.1 Å². The maximum absolute atomic E-state index is 12.0. The number of benzene rings is 1. The Labute approximate surface area is 130 Å². The molecule has 2 rings (SSSR count). The molecule has 0 aromatic heterocycles. The van der Waals surface area contributed by atoms with Crippen LogP contribution in [0.4, 0.5) is 10.5 Å². The molecule has 0 bridgehead atoms. The van der Waals surface area contributed by atoms with Crippen LogP contribution in [0.25, 0.3) is 0 Å². The van der Waals surface area contributed by atoms with Gasteiger partial charge in [-0.05, 0) is 45.0 Å². The van der Waals surface area contributed by atoms with Crippen LogP contribution in [0.15, 0.2) is 24.3 Å². The molecule has 6 nitrogen and oxygen atoms in total. The average Bonchev–Trinajstić information content (AvgIpc) is 2.47. The van der Waals surface area contributed by atoms with Gasteiger partial charge >= 0.3 is 6.09 Å². The van der Waals surface area contributed by atoms with E-state index >= 15 is 0 Å². The number of amides is 1. The van der Waals surface area contributed by atoms with E-state index < -0.39 is 5.60 Å². The Morgan fingerprint density at radius 2 is 1.68 bits per heavy atom. The first-order valence-electron chi connectivity index (χ1n) is 7.32. The molecule has 6 heteroatoms. The molecule has 120 valence electrons. The summed E-state index contributed by atoms with van der Waals surface area (Å²) in [7, 11) is 0. The van der Waals surface area contributed by atoms with Crippen molar-refractivity contribution in [2.45, 2.75) is 26.4 Å². The lowest BCUT2D eigenvalue weighted by molar-refractivity contribution is -0.120. The first-order valence-corrected chi connectivity index (χ1v) is 7.32. The van der Waals surface area contributed by atoms with Gasteiger partial charge in [0.1, 0.15) is 11.4 Å². The van der Waals surface area contributed by atoms with E-state index in [1.54, 1.807) is 17.0 Å². The van der Waals surface area contributed by atoms with E-state index in [1.165, 1.54) is 0 Å². The molecule has 0 unspecified atom stereocenters. The van der Waals surface area contributed by atoms with Crippen molar-refractivity contribution in [3.05, 3.63) is 24.3 Å². The van der Waals surface area contributed by atoms with Crippen LogP contribution in [0.5, 0.6) is 5.75 Å². The van der Waals surface area contributed by atoms with Crippen molar-refractivity contribution in [2.75, 3.05) is 31.1 Å². The highest BCUT2D eigenvalue weighted by atomic mass is 16.6. The zero-order chi connectivity index (χ0) is 16.2. The zero-order valence-electron chi connectivity index (χ0n) is 13.2. The van der Waals surface area contributed by atoms with Gasteiger partial charge in [0.05, 0.1) is 0 Å². The maximum Gasteiger partial charge on any atom is 0.410 e. The van der Waals surface area contributed by atoms with Crippen LogP contribution in [0.2, 0.25) is 0 Å². The minimum atomic E-state index is -0.470. The Bertz CT molecular complexity index is 514. The lowest BCUT2D eigenvalue weighted by atomic mass is 10.2. The molecule has 0 N–H and O–H groups in total. The molecular weight excluding hydrogens is 284 g/mol. The van der Waals surface area contributed by atoms with Gasteiger partial charge in [0.2, 0.25) is 0 Å². The molecule has 1 amide bonds. The predicted molar refractivity (Wildman–Crippen MR) is 83.2 cm³/mol. The van der Waals surface area contributed by atoms with Crippen molar-refractivity contribution >= 4 is 18.3 Å². The molecule has 22 heavy (non-hydrogen) atoms. The van der Waals surface area contributed by atoms with Crippen LogP contribution in [-0.2, 0) is 9.53 Å². The Balaban J connectivity index is 1.89. The molecular formula is C16H22N2O4. The molecule has 1 saturated heterocycles. The number of rotatable bonds is 3. The summed E-state index contributed by atoms with van der Waals surface area (Å²) >= 11 is 0. The van der Waals surface area contributed by atoms with E-state index in [9.17, 15) is 9.59 Å². The van der Waals surface area contributed by atoms with Crippen LogP contribution >= 0.6 is 0 Å². The molecule has 1 aliphatic heterocycles. The van der Waals surface area contributed by atoms with Crippen LogP contribution in [0.3, 0.4) is 0 Å². The summed E-state index contributed by atoms with van der Waals surface area (Å²) in [5.41, 5.74) is 0.574. The molecule has 0 radical (unpaired) electrons. The summed E-state index contributed by atoms with van der Waals surface area (Å²) < 4.78 is 10.2. The highest BCUT2D eigenvalue weighted by Gasteiger charge is 2.25. The van der Waals surface area contributed by atoms with Crippen LogP contribution < -0.4 is 9.64 Å². The second-order valence-electron chi connectivity index (χ2n) is 6.16. The number of nitrogens with zero attached hydrogens (tertiary/aromatic N) is 2. The summed E-state index contributed by atoms with van der Waals surface area (Å²) in [6.45, 7) is 8.75. The minimum Gasteiger partial charge on any atom is -0.444 e. The Morgan fingerprint density at radius 3 is 2.18 bits per heavy atom. The van der Waals surface area contributed by atoms with Gasteiger partial charge in [-0.15, -0.1) is 0 Å². The number of carbonyl (C=O) groups excluding carboxylic acids is 2. The number of carbonyl (C=O) groups is 2. The summed E-state index contributed by atoms with van der Waals surface area (Å²) in [6, 6.07) is 7.32. The van der Waals surface area contributed by atoms with Crippen molar-refractivity contribution in [2.24, 2.45) is 0 Å². The monoisotopic (exact) mass is 306 g/mol. The van der Waals surface area contributed by atoms with E-state index in [-0.39, 0.29) is 6.09 Å².